The lowest BCUT2D eigenvalue weighted by molar-refractivity contribution is -0.129. The van der Waals surface area contributed by atoms with Crippen molar-refractivity contribution in [1.29, 1.82) is 0 Å². The van der Waals surface area contributed by atoms with Crippen molar-refractivity contribution < 1.29 is 19.1 Å². The average molecular weight is 380 g/mol. The smallest absolute Gasteiger partial charge is 0.337 e. The third-order valence-electron chi connectivity index (χ3n) is 4.90. The summed E-state index contributed by atoms with van der Waals surface area (Å²) < 4.78 is 4.68. The van der Waals surface area contributed by atoms with Crippen molar-refractivity contribution in [2.24, 2.45) is 0 Å². The molecule has 1 heterocycles. The number of anilines is 1. The Bertz CT molecular complexity index is 859. The standard InChI is InChI=1S/C22H24N2O4/c1-23(15-17-5-9-18(10-6-17)22(27)28-2)21(26)14-16-7-11-19(12-8-16)24-13-3-4-20(24)25/h5-12H,3-4,13-15H2,1-2H3. The van der Waals surface area contributed by atoms with Gasteiger partial charge in [-0.2, -0.15) is 0 Å². The van der Waals surface area contributed by atoms with Gasteiger partial charge in [-0.25, -0.2) is 4.79 Å². The first-order valence-electron chi connectivity index (χ1n) is 9.28. The molecule has 0 saturated carbocycles. The third kappa shape index (κ3) is 4.57. The predicted octanol–water partition coefficient (Wildman–Crippen LogP) is 2.80. The molecule has 1 saturated heterocycles. The molecule has 6 nitrogen and oxygen atoms in total. The van der Waals surface area contributed by atoms with Crippen LogP contribution in [0.1, 0.15) is 34.3 Å². The normalized spacial score (nSPS) is 13.5. The van der Waals surface area contributed by atoms with Crippen molar-refractivity contribution in [2.75, 3.05) is 25.6 Å². The highest BCUT2D eigenvalue weighted by atomic mass is 16.5. The summed E-state index contributed by atoms with van der Waals surface area (Å²) in [6.07, 6.45) is 1.79. The lowest BCUT2D eigenvalue weighted by Crippen LogP contribution is -2.27. The maximum absolute atomic E-state index is 12.5. The number of hydrogen-bond acceptors (Lipinski definition) is 4. The molecule has 1 aliphatic heterocycles. The van der Waals surface area contributed by atoms with E-state index < -0.39 is 0 Å². The monoisotopic (exact) mass is 380 g/mol. The van der Waals surface area contributed by atoms with Crippen molar-refractivity contribution in [3.63, 3.8) is 0 Å². The van der Waals surface area contributed by atoms with Crippen LogP contribution >= 0.6 is 0 Å². The second-order valence-electron chi connectivity index (χ2n) is 6.93. The zero-order chi connectivity index (χ0) is 20.1. The van der Waals surface area contributed by atoms with Crippen molar-refractivity contribution >= 4 is 23.5 Å². The van der Waals surface area contributed by atoms with E-state index in [0.717, 1.165) is 29.8 Å². The van der Waals surface area contributed by atoms with E-state index in [4.69, 9.17) is 0 Å². The molecule has 2 amide bonds. The Morgan fingerprint density at radius 1 is 1.04 bits per heavy atom. The number of amides is 2. The zero-order valence-corrected chi connectivity index (χ0v) is 16.2. The fourth-order valence-electron chi connectivity index (χ4n) is 3.25. The van der Waals surface area contributed by atoms with Crippen LogP contribution in [0.25, 0.3) is 0 Å². The van der Waals surface area contributed by atoms with E-state index in [1.165, 1.54) is 7.11 Å². The topological polar surface area (TPSA) is 66.9 Å². The highest BCUT2D eigenvalue weighted by molar-refractivity contribution is 5.95. The van der Waals surface area contributed by atoms with Crippen molar-refractivity contribution in [3.05, 3.63) is 65.2 Å². The van der Waals surface area contributed by atoms with Gasteiger partial charge in [0.05, 0.1) is 19.1 Å². The molecule has 0 bridgehead atoms. The summed E-state index contributed by atoms with van der Waals surface area (Å²) >= 11 is 0. The Morgan fingerprint density at radius 3 is 2.25 bits per heavy atom. The van der Waals surface area contributed by atoms with Gasteiger partial charge in [-0.3, -0.25) is 9.59 Å². The van der Waals surface area contributed by atoms with Gasteiger partial charge in [0.1, 0.15) is 0 Å². The van der Waals surface area contributed by atoms with Gasteiger partial charge in [0.15, 0.2) is 0 Å². The summed E-state index contributed by atoms with van der Waals surface area (Å²) in [5, 5.41) is 0. The number of rotatable bonds is 6. The zero-order valence-electron chi connectivity index (χ0n) is 16.2. The first kappa shape index (κ1) is 19.6. The van der Waals surface area contributed by atoms with Crippen molar-refractivity contribution in [3.8, 4) is 0 Å². The lowest BCUT2D eigenvalue weighted by atomic mass is 10.1. The van der Waals surface area contributed by atoms with Crippen molar-refractivity contribution in [1.82, 2.24) is 4.90 Å². The van der Waals surface area contributed by atoms with E-state index in [9.17, 15) is 14.4 Å². The van der Waals surface area contributed by atoms with Gasteiger partial charge < -0.3 is 14.5 Å². The first-order valence-corrected chi connectivity index (χ1v) is 9.28. The van der Waals surface area contributed by atoms with Gasteiger partial charge >= 0.3 is 5.97 Å². The minimum absolute atomic E-state index is 0.00189. The molecule has 3 rings (SSSR count). The molecule has 0 radical (unpaired) electrons. The fraction of sp³-hybridized carbons (Fsp3) is 0.318. The van der Waals surface area contributed by atoms with E-state index in [0.29, 0.717) is 24.9 Å². The van der Waals surface area contributed by atoms with Crippen molar-refractivity contribution in [2.45, 2.75) is 25.8 Å². The molecule has 2 aromatic carbocycles. The fourth-order valence-corrected chi connectivity index (χ4v) is 3.25. The molecular weight excluding hydrogens is 356 g/mol. The Morgan fingerprint density at radius 2 is 1.68 bits per heavy atom. The molecule has 6 heteroatoms. The summed E-state index contributed by atoms with van der Waals surface area (Å²) in [4.78, 5) is 39.3. The highest BCUT2D eigenvalue weighted by Crippen LogP contribution is 2.22. The van der Waals surface area contributed by atoms with Crippen LogP contribution in [0.5, 0.6) is 0 Å². The van der Waals surface area contributed by atoms with E-state index in [2.05, 4.69) is 4.74 Å². The number of esters is 1. The molecule has 0 aromatic heterocycles. The Labute approximate surface area is 164 Å². The van der Waals surface area contributed by atoms with Gasteiger partial charge in [0, 0.05) is 32.2 Å². The van der Waals surface area contributed by atoms with Crippen LogP contribution in [0.15, 0.2) is 48.5 Å². The number of methoxy groups -OCH3 is 1. The van der Waals surface area contributed by atoms with Crippen LogP contribution in [0, 0.1) is 0 Å². The molecule has 0 spiro atoms. The van der Waals surface area contributed by atoms with Crippen LogP contribution in [0.2, 0.25) is 0 Å². The molecule has 0 aliphatic carbocycles. The van der Waals surface area contributed by atoms with Gasteiger partial charge in [0.25, 0.3) is 0 Å². The number of benzene rings is 2. The van der Waals surface area contributed by atoms with Crippen LogP contribution in [0.4, 0.5) is 5.69 Å². The number of nitrogens with zero attached hydrogens (tertiary/aromatic N) is 2. The second-order valence-corrected chi connectivity index (χ2v) is 6.93. The number of ether oxygens (including phenoxy) is 1. The molecular formula is C22H24N2O4. The van der Waals surface area contributed by atoms with Crippen LogP contribution in [-0.4, -0.2) is 43.4 Å². The van der Waals surface area contributed by atoms with E-state index >= 15 is 0 Å². The summed E-state index contributed by atoms with van der Waals surface area (Å²) in [6.45, 7) is 1.22. The Kier molecular flexibility index (Phi) is 6.09. The number of hydrogen-bond donors (Lipinski definition) is 0. The van der Waals surface area contributed by atoms with E-state index in [1.54, 1.807) is 29.0 Å². The quantitative estimate of drug-likeness (QED) is 0.723. The molecule has 28 heavy (non-hydrogen) atoms. The molecule has 0 N–H and O–H groups in total. The van der Waals surface area contributed by atoms with Gasteiger partial charge in [-0.05, 0) is 41.8 Å². The third-order valence-corrected chi connectivity index (χ3v) is 4.90. The van der Waals surface area contributed by atoms with Crippen LogP contribution in [-0.2, 0) is 27.3 Å². The molecule has 0 unspecified atom stereocenters. The van der Waals surface area contributed by atoms with Gasteiger partial charge in [-0.1, -0.05) is 24.3 Å². The van der Waals surface area contributed by atoms with Gasteiger partial charge in [0.2, 0.25) is 11.8 Å². The molecule has 1 aliphatic rings. The highest BCUT2D eigenvalue weighted by Gasteiger charge is 2.21. The maximum atomic E-state index is 12.5. The minimum atomic E-state index is -0.380. The molecule has 0 atom stereocenters. The minimum Gasteiger partial charge on any atom is -0.465 e. The maximum Gasteiger partial charge on any atom is 0.337 e. The first-order chi connectivity index (χ1) is 13.5. The Balaban J connectivity index is 1.56. The molecule has 2 aromatic rings. The number of carbonyl (C=O) groups excluding carboxylic acids is 3. The molecule has 1 fully saturated rings. The summed E-state index contributed by atoms with van der Waals surface area (Å²) in [7, 11) is 3.10. The number of likely N-dealkylation sites (N-methyl/N-ethyl adjacent to an activating group) is 1. The lowest BCUT2D eigenvalue weighted by Gasteiger charge is -2.18. The Hall–Kier alpha value is -3.15. The van der Waals surface area contributed by atoms with Gasteiger partial charge in [-0.15, -0.1) is 0 Å². The predicted molar refractivity (Wildman–Crippen MR) is 106 cm³/mol. The second kappa shape index (κ2) is 8.69. The largest absolute Gasteiger partial charge is 0.465 e. The molecule has 146 valence electrons. The SMILES string of the molecule is COC(=O)c1ccc(CN(C)C(=O)Cc2ccc(N3CCCC3=O)cc2)cc1. The summed E-state index contributed by atoms with van der Waals surface area (Å²) in [6, 6.07) is 14.6. The summed E-state index contributed by atoms with van der Waals surface area (Å²) in [5.41, 5.74) is 3.22. The summed E-state index contributed by atoms with van der Waals surface area (Å²) in [5.74, 6) is -0.223. The van der Waals surface area contributed by atoms with E-state index in [1.807, 2.05) is 36.4 Å². The van der Waals surface area contributed by atoms with Crippen LogP contribution < -0.4 is 4.90 Å². The van der Waals surface area contributed by atoms with Crippen LogP contribution in [0.3, 0.4) is 0 Å². The number of carbonyl (C=O) groups is 3. The van der Waals surface area contributed by atoms with E-state index in [-0.39, 0.29) is 17.8 Å². The average Bonchev–Trinajstić information content (AvgIpc) is 3.14.